The fraction of sp³-hybridized carbons (Fsp3) is 0.323. The smallest absolute Gasteiger partial charge is 0.407 e. The molecule has 3 aromatic rings. The third kappa shape index (κ3) is 8.85. The molecule has 0 bridgehead atoms. The van der Waals surface area contributed by atoms with Crippen LogP contribution >= 0.6 is 0 Å². The molecule has 0 aliphatic carbocycles. The lowest BCUT2D eigenvalue weighted by atomic mass is 9.89. The minimum Gasteiger partial charge on any atom is -0.481 e. The molecule has 3 aromatic carbocycles. The number of hydrogen-bond donors (Lipinski definition) is 3. The second-order valence-electron chi connectivity index (χ2n) is 10.4. The van der Waals surface area contributed by atoms with E-state index in [4.69, 9.17) is 4.74 Å². The maximum atomic E-state index is 12.7. The summed E-state index contributed by atoms with van der Waals surface area (Å²) < 4.78 is 5.36. The SMILES string of the molecule is CC(C)(C)OC(=O)N[C@@H](Cc1ccccc1)[C@H](O)C[C@@H](Cc1ccc(C(=O)c2ccccc2)cc1)C(=O)O. The molecule has 7 heteroatoms. The van der Waals surface area contributed by atoms with E-state index in [9.17, 15) is 24.6 Å². The van der Waals surface area contributed by atoms with Crippen LogP contribution in [0.1, 0.15) is 54.2 Å². The first kappa shape index (κ1) is 28.6. The Morgan fingerprint density at radius 3 is 1.87 bits per heavy atom. The molecule has 0 saturated carbocycles. The van der Waals surface area contributed by atoms with E-state index in [1.807, 2.05) is 36.4 Å². The summed E-state index contributed by atoms with van der Waals surface area (Å²) in [5.74, 6) is -2.07. The van der Waals surface area contributed by atoms with Gasteiger partial charge in [0.2, 0.25) is 0 Å². The van der Waals surface area contributed by atoms with E-state index in [0.717, 1.165) is 11.1 Å². The Balaban J connectivity index is 1.71. The summed E-state index contributed by atoms with van der Waals surface area (Å²) in [7, 11) is 0. The number of alkyl carbamates (subject to hydrolysis) is 1. The molecule has 0 aliphatic rings. The number of carbonyl (C=O) groups excluding carboxylic acids is 2. The second kappa shape index (κ2) is 13.0. The van der Waals surface area contributed by atoms with Gasteiger partial charge in [0.15, 0.2) is 5.78 Å². The van der Waals surface area contributed by atoms with Gasteiger partial charge in [-0.1, -0.05) is 84.9 Å². The van der Waals surface area contributed by atoms with E-state index in [-0.39, 0.29) is 18.6 Å². The van der Waals surface area contributed by atoms with Gasteiger partial charge in [0, 0.05) is 11.1 Å². The number of aliphatic carboxylic acids is 1. The number of ether oxygens (including phenoxy) is 1. The minimum atomic E-state index is -1.14. The first-order chi connectivity index (χ1) is 18.0. The number of carboxylic acid groups (broad SMARTS) is 1. The van der Waals surface area contributed by atoms with Gasteiger partial charge in [-0.15, -0.1) is 0 Å². The van der Waals surface area contributed by atoms with Gasteiger partial charge < -0.3 is 20.3 Å². The number of benzene rings is 3. The Morgan fingerprint density at radius 2 is 1.32 bits per heavy atom. The molecule has 0 aromatic heterocycles. The lowest BCUT2D eigenvalue weighted by molar-refractivity contribution is -0.143. The van der Waals surface area contributed by atoms with Crippen molar-refractivity contribution in [1.82, 2.24) is 5.32 Å². The number of carboxylic acids is 1. The van der Waals surface area contributed by atoms with Crippen molar-refractivity contribution in [3.63, 3.8) is 0 Å². The summed E-state index contributed by atoms with van der Waals surface area (Å²) >= 11 is 0. The number of aliphatic hydroxyl groups is 1. The van der Waals surface area contributed by atoms with Gasteiger partial charge in [-0.2, -0.15) is 0 Å². The van der Waals surface area contributed by atoms with Gasteiger partial charge >= 0.3 is 12.1 Å². The molecule has 0 heterocycles. The number of rotatable bonds is 11. The van der Waals surface area contributed by atoms with Crippen molar-refractivity contribution in [2.24, 2.45) is 5.92 Å². The van der Waals surface area contributed by atoms with Crippen LogP contribution in [-0.2, 0) is 22.4 Å². The van der Waals surface area contributed by atoms with Crippen molar-refractivity contribution < 1.29 is 29.3 Å². The van der Waals surface area contributed by atoms with Crippen molar-refractivity contribution in [1.29, 1.82) is 0 Å². The van der Waals surface area contributed by atoms with Crippen molar-refractivity contribution in [2.75, 3.05) is 0 Å². The summed E-state index contributed by atoms with van der Waals surface area (Å²) in [6.45, 7) is 5.23. The Kier molecular flexibility index (Phi) is 9.79. The van der Waals surface area contributed by atoms with E-state index >= 15 is 0 Å². The molecular formula is C31H35NO6. The fourth-order valence-electron chi connectivity index (χ4n) is 4.17. The molecule has 38 heavy (non-hydrogen) atoms. The van der Waals surface area contributed by atoms with E-state index < -0.39 is 35.7 Å². The molecule has 3 N–H and O–H groups in total. The highest BCUT2D eigenvalue weighted by Crippen LogP contribution is 2.20. The zero-order valence-electron chi connectivity index (χ0n) is 22.0. The lowest BCUT2D eigenvalue weighted by Gasteiger charge is -2.28. The van der Waals surface area contributed by atoms with E-state index in [0.29, 0.717) is 17.5 Å². The van der Waals surface area contributed by atoms with Crippen LogP contribution in [0.4, 0.5) is 4.79 Å². The van der Waals surface area contributed by atoms with Crippen molar-refractivity contribution >= 4 is 17.8 Å². The monoisotopic (exact) mass is 517 g/mol. The van der Waals surface area contributed by atoms with Gasteiger partial charge in [-0.05, 0) is 51.2 Å². The molecule has 0 radical (unpaired) electrons. The first-order valence-corrected chi connectivity index (χ1v) is 12.6. The predicted molar refractivity (Wildman–Crippen MR) is 145 cm³/mol. The topological polar surface area (TPSA) is 113 Å². The number of aliphatic hydroxyl groups excluding tert-OH is 1. The number of carbonyl (C=O) groups is 3. The van der Waals surface area contributed by atoms with Crippen LogP contribution in [0.25, 0.3) is 0 Å². The number of nitrogens with one attached hydrogen (secondary N) is 1. The quantitative estimate of drug-likeness (QED) is 0.307. The van der Waals surface area contributed by atoms with Crippen LogP contribution in [0.2, 0.25) is 0 Å². The summed E-state index contributed by atoms with van der Waals surface area (Å²) in [6, 6.07) is 24.4. The number of amides is 1. The number of ketones is 1. The highest BCUT2D eigenvalue weighted by Gasteiger charge is 2.30. The van der Waals surface area contributed by atoms with Crippen LogP contribution in [0.15, 0.2) is 84.9 Å². The highest BCUT2D eigenvalue weighted by molar-refractivity contribution is 6.08. The van der Waals surface area contributed by atoms with Gasteiger partial charge in [0.05, 0.1) is 18.1 Å². The third-order valence-corrected chi connectivity index (χ3v) is 6.07. The number of hydrogen-bond acceptors (Lipinski definition) is 5. The summed E-state index contributed by atoms with van der Waals surface area (Å²) in [5, 5.41) is 23.7. The van der Waals surface area contributed by atoms with Gasteiger partial charge in [-0.3, -0.25) is 9.59 Å². The molecule has 1 amide bonds. The van der Waals surface area contributed by atoms with Crippen LogP contribution < -0.4 is 5.32 Å². The van der Waals surface area contributed by atoms with E-state index in [2.05, 4.69) is 5.32 Å². The van der Waals surface area contributed by atoms with Crippen molar-refractivity contribution in [3.05, 3.63) is 107 Å². The Bertz CT molecular complexity index is 1200. The van der Waals surface area contributed by atoms with Crippen molar-refractivity contribution in [2.45, 2.75) is 57.8 Å². The van der Waals surface area contributed by atoms with Gasteiger partial charge in [0.1, 0.15) is 5.60 Å². The maximum absolute atomic E-state index is 12.7. The van der Waals surface area contributed by atoms with E-state index in [1.165, 1.54) is 0 Å². The molecule has 7 nitrogen and oxygen atoms in total. The van der Waals surface area contributed by atoms with Crippen LogP contribution in [0.3, 0.4) is 0 Å². The van der Waals surface area contributed by atoms with Gasteiger partial charge in [0.25, 0.3) is 0 Å². The standard InChI is InChI=1S/C31H35NO6/c1-31(2,3)38-30(37)32-26(19-21-10-6-4-7-11-21)27(33)20-25(29(35)36)18-22-14-16-24(17-15-22)28(34)23-12-8-5-9-13-23/h4-17,25-27,33H,18-20H2,1-3H3,(H,32,37)(H,35,36)/t25-,26+,27-/m1/s1. The predicted octanol–water partition coefficient (Wildman–Crippen LogP) is 5.05. The third-order valence-electron chi connectivity index (χ3n) is 6.07. The zero-order chi connectivity index (χ0) is 27.7. The maximum Gasteiger partial charge on any atom is 0.407 e. The summed E-state index contributed by atoms with van der Waals surface area (Å²) in [5.41, 5.74) is 1.99. The summed E-state index contributed by atoms with van der Waals surface area (Å²) in [4.78, 5) is 37.2. The molecule has 0 spiro atoms. The van der Waals surface area contributed by atoms with E-state index in [1.54, 1.807) is 69.3 Å². The molecule has 0 saturated heterocycles. The van der Waals surface area contributed by atoms with Crippen LogP contribution in [0, 0.1) is 5.92 Å². The summed E-state index contributed by atoms with van der Waals surface area (Å²) in [6.07, 6.45) is -1.42. The molecule has 200 valence electrons. The Labute approximate surface area is 223 Å². The largest absolute Gasteiger partial charge is 0.481 e. The van der Waals surface area contributed by atoms with Crippen LogP contribution in [-0.4, -0.2) is 45.8 Å². The first-order valence-electron chi connectivity index (χ1n) is 12.6. The molecule has 0 unspecified atom stereocenters. The molecule has 0 aliphatic heterocycles. The Morgan fingerprint density at radius 1 is 0.789 bits per heavy atom. The second-order valence-corrected chi connectivity index (χ2v) is 10.4. The van der Waals surface area contributed by atoms with Gasteiger partial charge in [-0.25, -0.2) is 4.79 Å². The fourth-order valence-corrected chi connectivity index (χ4v) is 4.17. The lowest BCUT2D eigenvalue weighted by Crippen LogP contribution is -2.47. The zero-order valence-corrected chi connectivity index (χ0v) is 22.0. The Hall–Kier alpha value is -3.97. The molecule has 3 rings (SSSR count). The highest BCUT2D eigenvalue weighted by atomic mass is 16.6. The average molecular weight is 518 g/mol. The average Bonchev–Trinajstić information content (AvgIpc) is 2.88. The minimum absolute atomic E-state index is 0.0761. The molecule has 3 atom stereocenters. The van der Waals surface area contributed by atoms with Crippen LogP contribution in [0.5, 0.6) is 0 Å². The normalized spacial score (nSPS) is 13.7. The molecular weight excluding hydrogens is 482 g/mol. The molecule has 0 fully saturated rings. The van der Waals surface area contributed by atoms with Crippen molar-refractivity contribution in [3.8, 4) is 0 Å².